The van der Waals surface area contributed by atoms with Crippen LogP contribution in [-0.4, -0.2) is 31.0 Å². The van der Waals surface area contributed by atoms with Gasteiger partial charge in [0.15, 0.2) is 17.4 Å². The third-order valence-electron chi connectivity index (χ3n) is 3.80. The summed E-state index contributed by atoms with van der Waals surface area (Å²) in [5, 5.41) is 0. The van der Waals surface area contributed by atoms with E-state index >= 15 is 0 Å². The molecule has 1 aromatic carbocycles. The lowest BCUT2D eigenvalue weighted by Gasteiger charge is -2.13. The standard InChI is InChI=1S/C16H14F3NO2S/c1-22-15-13(18)9(8-10(17)14(15)19)11-4-5-12(23-11)16(21)20-6-2-3-7-20/h4-5,8H,2-3,6-7H2,1H3. The second kappa shape index (κ2) is 6.23. The highest BCUT2D eigenvalue weighted by Crippen LogP contribution is 2.37. The lowest BCUT2D eigenvalue weighted by Crippen LogP contribution is -2.26. The first-order chi connectivity index (χ1) is 11.0. The molecule has 2 aromatic rings. The lowest BCUT2D eigenvalue weighted by atomic mass is 10.1. The molecule has 1 fully saturated rings. The van der Waals surface area contributed by atoms with Crippen molar-refractivity contribution in [2.24, 2.45) is 0 Å². The molecule has 1 amide bonds. The van der Waals surface area contributed by atoms with Gasteiger partial charge < -0.3 is 9.64 Å². The monoisotopic (exact) mass is 341 g/mol. The molecule has 3 rings (SSSR count). The zero-order chi connectivity index (χ0) is 16.6. The maximum Gasteiger partial charge on any atom is 0.263 e. The van der Waals surface area contributed by atoms with E-state index in [-0.39, 0.29) is 11.5 Å². The van der Waals surface area contributed by atoms with E-state index in [1.54, 1.807) is 11.0 Å². The van der Waals surface area contributed by atoms with E-state index in [1.165, 1.54) is 6.07 Å². The number of benzene rings is 1. The number of ether oxygens (including phenoxy) is 1. The Morgan fingerprint density at radius 3 is 2.52 bits per heavy atom. The van der Waals surface area contributed by atoms with Crippen LogP contribution < -0.4 is 4.74 Å². The van der Waals surface area contributed by atoms with E-state index < -0.39 is 23.2 Å². The summed E-state index contributed by atoms with van der Waals surface area (Å²) in [5.41, 5.74) is -0.119. The average Bonchev–Trinajstić information content (AvgIpc) is 3.22. The fraction of sp³-hybridized carbons (Fsp3) is 0.312. The van der Waals surface area contributed by atoms with Gasteiger partial charge in [0.1, 0.15) is 0 Å². The number of hydrogen-bond donors (Lipinski definition) is 0. The molecular weight excluding hydrogens is 327 g/mol. The van der Waals surface area contributed by atoms with Crippen LogP contribution in [-0.2, 0) is 0 Å². The first kappa shape index (κ1) is 15.9. The van der Waals surface area contributed by atoms with Crippen molar-refractivity contribution in [3.8, 4) is 16.2 Å². The molecule has 0 aliphatic carbocycles. The van der Waals surface area contributed by atoms with E-state index in [4.69, 9.17) is 0 Å². The Hall–Kier alpha value is -2.02. The summed E-state index contributed by atoms with van der Waals surface area (Å²) in [5.74, 6) is -4.42. The zero-order valence-corrected chi connectivity index (χ0v) is 13.2. The quantitative estimate of drug-likeness (QED) is 0.788. The van der Waals surface area contributed by atoms with E-state index in [2.05, 4.69) is 4.74 Å². The largest absolute Gasteiger partial charge is 0.491 e. The van der Waals surface area contributed by atoms with Gasteiger partial charge in [-0.3, -0.25) is 4.79 Å². The Bertz CT molecular complexity index is 754. The van der Waals surface area contributed by atoms with Crippen LogP contribution in [0.15, 0.2) is 18.2 Å². The van der Waals surface area contributed by atoms with Gasteiger partial charge in [0, 0.05) is 23.5 Å². The third-order valence-corrected chi connectivity index (χ3v) is 4.90. The second-order valence-corrected chi connectivity index (χ2v) is 6.31. The van der Waals surface area contributed by atoms with Gasteiger partial charge in [0.05, 0.1) is 12.0 Å². The Kier molecular flexibility index (Phi) is 4.30. The van der Waals surface area contributed by atoms with Gasteiger partial charge in [-0.2, -0.15) is 4.39 Å². The van der Waals surface area contributed by atoms with Gasteiger partial charge >= 0.3 is 0 Å². The van der Waals surface area contributed by atoms with E-state index in [0.717, 1.165) is 37.4 Å². The molecular formula is C16H14F3NO2S. The summed E-state index contributed by atoms with van der Waals surface area (Å²) in [6.45, 7) is 1.42. The minimum atomic E-state index is -1.36. The number of likely N-dealkylation sites (tertiary alicyclic amines) is 1. The summed E-state index contributed by atoms with van der Waals surface area (Å²) in [7, 11) is 1.07. The molecule has 122 valence electrons. The average molecular weight is 341 g/mol. The van der Waals surface area contributed by atoms with Crippen molar-refractivity contribution in [1.29, 1.82) is 0 Å². The predicted molar refractivity (Wildman–Crippen MR) is 81.3 cm³/mol. The molecule has 0 spiro atoms. The minimum absolute atomic E-state index is 0.117. The van der Waals surface area contributed by atoms with Crippen LogP contribution in [0.2, 0.25) is 0 Å². The third kappa shape index (κ3) is 2.81. The number of hydrogen-bond acceptors (Lipinski definition) is 3. The van der Waals surface area contributed by atoms with Crippen LogP contribution in [0, 0.1) is 17.5 Å². The molecule has 0 unspecified atom stereocenters. The predicted octanol–water partition coefficient (Wildman–Crippen LogP) is 4.08. The van der Waals surface area contributed by atoms with Crippen molar-refractivity contribution < 1.29 is 22.7 Å². The minimum Gasteiger partial charge on any atom is -0.491 e. The first-order valence-electron chi connectivity index (χ1n) is 7.14. The van der Waals surface area contributed by atoms with E-state index in [0.29, 0.717) is 22.8 Å². The molecule has 1 aromatic heterocycles. The Labute approximate surface area is 135 Å². The molecule has 3 nitrogen and oxygen atoms in total. The molecule has 0 radical (unpaired) electrons. The molecule has 0 saturated carbocycles. The number of methoxy groups -OCH3 is 1. The molecule has 0 atom stereocenters. The molecule has 0 bridgehead atoms. The number of thiophene rings is 1. The van der Waals surface area contributed by atoms with Gasteiger partial charge in [0.2, 0.25) is 5.82 Å². The fourth-order valence-electron chi connectivity index (χ4n) is 2.61. The Balaban J connectivity index is 1.97. The van der Waals surface area contributed by atoms with Crippen LogP contribution in [0.5, 0.6) is 5.75 Å². The van der Waals surface area contributed by atoms with Crippen LogP contribution in [0.25, 0.3) is 10.4 Å². The van der Waals surface area contributed by atoms with Crippen molar-refractivity contribution in [2.75, 3.05) is 20.2 Å². The number of rotatable bonds is 3. The maximum absolute atomic E-state index is 14.3. The highest BCUT2D eigenvalue weighted by atomic mass is 32.1. The van der Waals surface area contributed by atoms with Crippen LogP contribution in [0.1, 0.15) is 22.5 Å². The van der Waals surface area contributed by atoms with Gasteiger partial charge in [0.25, 0.3) is 5.91 Å². The summed E-state index contributed by atoms with van der Waals surface area (Å²) < 4.78 is 46.0. The summed E-state index contributed by atoms with van der Waals surface area (Å²) >= 11 is 1.05. The summed E-state index contributed by atoms with van der Waals surface area (Å²) in [6, 6.07) is 3.89. The highest BCUT2D eigenvalue weighted by molar-refractivity contribution is 7.17. The van der Waals surface area contributed by atoms with Crippen LogP contribution in [0.4, 0.5) is 13.2 Å². The molecule has 23 heavy (non-hydrogen) atoms. The topological polar surface area (TPSA) is 29.5 Å². The van der Waals surface area contributed by atoms with Gasteiger partial charge in [-0.1, -0.05) is 0 Å². The van der Waals surface area contributed by atoms with Crippen molar-refractivity contribution in [2.45, 2.75) is 12.8 Å². The summed E-state index contributed by atoms with van der Waals surface area (Å²) in [4.78, 5) is 14.8. The Morgan fingerprint density at radius 2 is 1.87 bits per heavy atom. The molecule has 1 aliphatic rings. The van der Waals surface area contributed by atoms with Crippen molar-refractivity contribution >= 4 is 17.2 Å². The number of carbonyl (C=O) groups excluding carboxylic acids is 1. The van der Waals surface area contributed by atoms with Gasteiger partial charge in [-0.25, -0.2) is 8.78 Å². The van der Waals surface area contributed by atoms with E-state index in [9.17, 15) is 18.0 Å². The van der Waals surface area contributed by atoms with Crippen molar-refractivity contribution in [3.63, 3.8) is 0 Å². The van der Waals surface area contributed by atoms with Gasteiger partial charge in [-0.05, 0) is 31.0 Å². The molecule has 1 saturated heterocycles. The number of halogens is 3. The van der Waals surface area contributed by atoms with Crippen LogP contribution in [0.3, 0.4) is 0 Å². The highest BCUT2D eigenvalue weighted by Gasteiger charge is 2.24. The molecule has 2 heterocycles. The number of nitrogens with zero attached hydrogens (tertiary/aromatic N) is 1. The zero-order valence-electron chi connectivity index (χ0n) is 12.4. The lowest BCUT2D eigenvalue weighted by molar-refractivity contribution is 0.0797. The number of carbonyl (C=O) groups is 1. The molecule has 7 heteroatoms. The summed E-state index contributed by atoms with van der Waals surface area (Å²) in [6.07, 6.45) is 1.94. The van der Waals surface area contributed by atoms with Crippen molar-refractivity contribution in [1.82, 2.24) is 4.90 Å². The van der Waals surface area contributed by atoms with Crippen LogP contribution >= 0.6 is 11.3 Å². The maximum atomic E-state index is 14.3. The Morgan fingerprint density at radius 1 is 1.17 bits per heavy atom. The number of amides is 1. The molecule has 0 N–H and O–H groups in total. The van der Waals surface area contributed by atoms with Crippen molar-refractivity contribution in [3.05, 3.63) is 40.5 Å². The fourth-order valence-corrected chi connectivity index (χ4v) is 3.60. The second-order valence-electron chi connectivity index (χ2n) is 5.23. The van der Waals surface area contributed by atoms with E-state index in [1.807, 2.05) is 0 Å². The first-order valence-corrected chi connectivity index (χ1v) is 7.95. The molecule has 1 aliphatic heterocycles. The smallest absolute Gasteiger partial charge is 0.263 e. The SMILES string of the molecule is COc1c(F)c(F)cc(-c2ccc(C(=O)N3CCCC3)s2)c1F. The van der Waals surface area contributed by atoms with Gasteiger partial charge in [-0.15, -0.1) is 11.3 Å². The normalized spacial score (nSPS) is 14.3.